The van der Waals surface area contributed by atoms with Gasteiger partial charge in [0.2, 0.25) is 0 Å². The van der Waals surface area contributed by atoms with Gasteiger partial charge in [0, 0.05) is 7.11 Å². The number of nitrogens with one attached hydrogen (secondary N) is 1. The zero-order chi connectivity index (χ0) is 13.7. The van der Waals surface area contributed by atoms with E-state index in [1.807, 2.05) is 16.4 Å². The molecule has 0 bridgehead atoms. The summed E-state index contributed by atoms with van der Waals surface area (Å²) < 4.78 is 7.14. The van der Waals surface area contributed by atoms with Crippen molar-refractivity contribution in [2.75, 3.05) is 31.8 Å². The fourth-order valence-corrected chi connectivity index (χ4v) is 4.12. The summed E-state index contributed by atoms with van der Waals surface area (Å²) in [7, 11) is 1.71. The van der Waals surface area contributed by atoms with Crippen molar-refractivity contribution in [2.45, 2.75) is 25.9 Å². The summed E-state index contributed by atoms with van der Waals surface area (Å²) in [5.74, 6) is 3.08. The van der Waals surface area contributed by atoms with Crippen LogP contribution < -0.4 is 5.32 Å². The van der Waals surface area contributed by atoms with Crippen molar-refractivity contribution >= 4 is 23.4 Å². The number of hydrogen-bond acceptors (Lipinski definition) is 4. The molecule has 108 valence electrons. The maximum atomic E-state index is 6.36. The van der Waals surface area contributed by atoms with Crippen LogP contribution >= 0.6 is 23.4 Å². The van der Waals surface area contributed by atoms with E-state index in [2.05, 4.69) is 17.3 Å². The van der Waals surface area contributed by atoms with Crippen LogP contribution in [0.3, 0.4) is 0 Å². The van der Waals surface area contributed by atoms with E-state index in [1.54, 1.807) is 13.3 Å². The highest BCUT2D eigenvalue weighted by Gasteiger charge is 2.30. The van der Waals surface area contributed by atoms with E-state index in [0.29, 0.717) is 18.6 Å². The first-order valence-electron chi connectivity index (χ1n) is 6.79. The zero-order valence-corrected chi connectivity index (χ0v) is 13.1. The average molecular weight is 304 g/mol. The number of thioether (sulfide) groups is 1. The lowest BCUT2D eigenvalue weighted by Crippen LogP contribution is -2.31. The fraction of sp³-hybridized carbons (Fsp3) is 0.769. The fourth-order valence-electron chi connectivity index (χ4n) is 2.56. The van der Waals surface area contributed by atoms with Crippen molar-refractivity contribution in [1.82, 2.24) is 15.1 Å². The summed E-state index contributed by atoms with van der Waals surface area (Å²) in [6, 6.07) is 0.298. The van der Waals surface area contributed by atoms with Gasteiger partial charge in [-0.3, -0.25) is 4.68 Å². The van der Waals surface area contributed by atoms with Crippen LogP contribution in [0.25, 0.3) is 0 Å². The molecule has 2 heterocycles. The van der Waals surface area contributed by atoms with Gasteiger partial charge < -0.3 is 10.1 Å². The molecule has 1 aliphatic rings. The minimum absolute atomic E-state index is 0.298. The van der Waals surface area contributed by atoms with Crippen LogP contribution in [0.4, 0.5) is 0 Å². The Morgan fingerprint density at radius 2 is 2.53 bits per heavy atom. The summed E-state index contributed by atoms with van der Waals surface area (Å²) in [4.78, 5) is 0. The van der Waals surface area contributed by atoms with Crippen LogP contribution in [0.15, 0.2) is 6.20 Å². The molecule has 19 heavy (non-hydrogen) atoms. The molecular formula is C13H22ClN3OS. The van der Waals surface area contributed by atoms with Gasteiger partial charge in [-0.05, 0) is 30.4 Å². The third-order valence-corrected chi connectivity index (χ3v) is 4.97. The lowest BCUT2D eigenvalue weighted by atomic mass is 9.96. The summed E-state index contributed by atoms with van der Waals surface area (Å²) in [6.45, 7) is 4.49. The Labute approximate surface area is 124 Å². The lowest BCUT2D eigenvalue weighted by Gasteiger charge is -2.25. The molecule has 1 fully saturated rings. The van der Waals surface area contributed by atoms with Gasteiger partial charge >= 0.3 is 0 Å². The number of nitrogens with zero attached hydrogens (tertiary/aromatic N) is 2. The molecule has 1 aliphatic heterocycles. The molecule has 0 aromatic carbocycles. The lowest BCUT2D eigenvalue weighted by molar-refractivity contribution is 0.180. The smallest absolute Gasteiger partial charge is 0.0834 e. The molecule has 1 aromatic rings. The number of methoxy groups -OCH3 is 1. The van der Waals surface area contributed by atoms with Gasteiger partial charge in [0.25, 0.3) is 0 Å². The molecule has 0 radical (unpaired) electrons. The molecule has 1 aromatic heterocycles. The molecule has 2 atom stereocenters. The Balaban J connectivity index is 2.21. The van der Waals surface area contributed by atoms with E-state index in [-0.39, 0.29) is 0 Å². The summed E-state index contributed by atoms with van der Waals surface area (Å²) in [6.07, 6.45) is 2.99. The van der Waals surface area contributed by atoms with Gasteiger partial charge in [-0.2, -0.15) is 16.9 Å². The average Bonchev–Trinajstić information content (AvgIpc) is 3.04. The number of aromatic nitrogens is 2. The van der Waals surface area contributed by atoms with E-state index >= 15 is 0 Å². The van der Waals surface area contributed by atoms with Gasteiger partial charge in [0.15, 0.2) is 0 Å². The van der Waals surface area contributed by atoms with Gasteiger partial charge in [0.1, 0.15) is 0 Å². The Morgan fingerprint density at radius 1 is 1.68 bits per heavy atom. The maximum Gasteiger partial charge on any atom is 0.0834 e. The Bertz CT molecular complexity index is 393. The van der Waals surface area contributed by atoms with E-state index < -0.39 is 0 Å². The highest BCUT2D eigenvalue weighted by molar-refractivity contribution is 7.99. The van der Waals surface area contributed by atoms with E-state index in [1.165, 1.54) is 17.9 Å². The van der Waals surface area contributed by atoms with Crippen molar-refractivity contribution in [3.63, 3.8) is 0 Å². The molecule has 0 aliphatic carbocycles. The van der Waals surface area contributed by atoms with Crippen LogP contribution in [0.5, 0.6) is 0 Å². The first-order valence-corrected chi connectivity index (χ1v) is 8.32. The third kappa shape index (κ3) is 3.66. The third-order valence-electron chi connectivity index (χ3n) is 3.50. The maximum absolute atomic E-state index is 6.36. The predicted octanol–water partition coefficient (Wildman–Crippen LogP) is 2.59. The van der Waals surface area contributed by atoms with Gasteiger partial charge in [-0.25, -0.2) is 0 Å². The molecule has 1 saturated heterocycles. The number of rotatable bonds is 7. The quantitative estimate of drug-likeness (QED) is 0.840. The van der Waals surface area contributed by atoms with Crippen molar-refractivity contribution in [1.29, 1.82) is 0 Å². The summed E-state index contributed by atoms with van der Waals surface area (Å²) in [5, 5.41) is 8.73. The standard InChI is InChI=1S/C13H22ClN3OS/c1-3-15-12(10-4-7-19-9-10)13-11(14)8-16-17(13)5-6-18-2/h8,10,12,15H,3-7,9H2,1-2H3. The van der Waals surface area contributed by atoms with E-state index in [9.17, 15) is 0 Å². The molecule has 6 heteroatoms. The number of hydrogen-bond donors (Lipinski definition) is 1. The molecular weight excluding hydrogens is 282 g/mol. The Hall–Kier alpha value is -0.230. The van der Waals surface area contributed by atoms with Crippen LogP contribution in [-0.4, -0.2) is 41.5 Å². The van der Waals surface area contributed by atoms with Crippen LogP contribution in [-0.2, 0) is 11.3 Å². The molecule has 2 rings (SSSR count). The predicted molar refractivity (Wildman–Crippen MR) is 81.0 cm³/mol. The van der Waals surface area contributed by atoms with E-state index in [0.717, 1.165) is 23.8 Å². The summed E-state index contributed by atoms with van der Waals surface area (Å²) in [5.41, 5.74) is 1.12. The Morgan fingerprint density at radius 3 is 3.16 bits per heavy atom. The number of ether oxygens (including phenoxy) is 1. The minimum Gasteiger partial charge on any atom is -0.383 e. The molecule has 0 spiro atoms. The van der Waals surface area contributed by atoms with Crippen LogP contribution in [0, 0.1) is 5.92 Å². The second-order valence-corrected chi connectivity index (χ2v) is 6.31. The topological polar surface area (TPSA) is 39.1 Å². The van der Waals surface area contributed by atoms with Crippen molar-refractivity contribution in [2.24, 2.45) is 5.92 Å². The highest BCUT2D eigenvalue weighted by atomic mass is 35.5. The Kier molecular flexibility index (Phi) is 6.01. The first-order chi connectivity index (χ1) is 9.27. The van der Waals surface area contributed by atoms with Crippen LogP contribution in [0.1, 0.15) is 25.1 Å². The first kappa shape index (κ1) is 15.2. The molecule has 0 amide bonds. The second kappa shape index (κ2) is 7.53. The monoisotopic (exact) mass is 303 g/mol. The van der Waals surface area contributed by atoms with Crippen LogP contribution in [0.2, 0.25) is 5.02 Å². The zero-order valence-electron chi connectivity index (χ0n) is 11.6. The van der Waals surface area contributed by atoms with Crippen molar-refractivity contribution in [3.8, 4) is 0 Å². The molecule has 4 nitrogen and oxygen atoms in total. The SMILES string of the molecule is CCNC(c1c(Cl)cnn1CCOC)C1CCSC1. The highest BCUT2D eigenvalue weighted by Crippen LogP contribution is 2.36. The molecule has 1 N–H and O–H groups in total. The van der Waals surface area contributed by atoms with Crippen molar-refractivity contribution < 1.29 is 4.74 Å². The molecule has 2 unspecified atom stereocenters. The van der Waals surface area contributed by atoms with E-state index in [4.69, 9.17) is 16.3 Å². The molecule has 0 saturated carbocycles. The van der Waals surface area contributed by atoms with Gasteiger partial charge in [-0.15, -0.1) is 0 Å². The summed E-state index contributed by atoms with van der Waals surface area (Å²) >= 11 is 8.39. The number of halogens is 1. The normalized spacial score (nSPS) is 20.9. The van der Waals surface area contributed by atoms with Crippen molar-refractivity contribution in [3.05, 3.63) is 16.9 Å². The second-order valence-electron chi connectivity index (χ2n) is 4.75. The van der Waals surface area contributed by atoms with Gasteiger partial charge in [0.05, 0.1) is 36.1 Å². The largest absolute Gasteiger partial charge is 0.383 e. The van der Waals surface area contributed by atoms with Gasteiger partial charge in [-0.1, -0.05) is 18.5 Å². The minimum atomic E-state index is 0.298.